The van der Waals surface area contributed by atoms with Crippen LogP contribution in [0, 0.1) is 0 Å². The van der Waals surface area contributed by atoms with Gasteiger partial charge < -0.3 is 10.6 Å². The molecule has 0 fully saturated rings. The van der Waals surface area contributed by atoms with Gasteiger partial charge in [-0.2, -0.15) is 0 Å². The number of aromatic amines is 1. The van der Waals surface area contributed by atoms with Gasteiger partial charge in [0.1, 0.15) is 6.54 Å². The van der Waals surface area contributed by atoms with Crippen LogP contribution in [-0.4, -0.2) is 35.1 Å². The number of nitrogens with zero attached hydrogens (tertiary/aromatic N) is 1. The molecule has 1 aromatic heterocycles. The van der Waals surface area contributed by atoms with Gasteiger partial charge >= 0.3 is 5.69 Å². The Kier molecular flexibility index (Phi) is 6.51. The third-order valence-corrected chi connectivity index (χ3v) is 2.90. The zero-order chi connectivity index (χ0) is 14.3. The van der Waals surface area contributed by atoms with Gasteiger partial charge in [0.05, 0.1) is 4.47 Å². The maximum atomic E-state index is 11.6. The van der Waals surface area contributed by atoms with Crippen molar-refractivity contribution in [3.05, 3.63) is 31.5 Å². The summed E-state index contributed by atoms with van der Waals surface area (Å²) in [6.45, 7) is 4.03. The van der Waals surface area contributed by atoms with E-state index in [1.54, 1.807) is 0 Å². The fourth-order valence-electron chi connectivity index (χ4n) is 1.40. The third kappa shape index (κ3) is 5.39. The summed E-state index contributed by atoms with van der Waals surface area (Å²) in [5.74, 6) is -0.278. The van der Waals surface area contributed by atoms with Gasteiger partial charge in [0.15, 0.2) is 0 Å². The van der Waals surface area contributed by atoms with Gasteiger partial charge in [-0.1, -0.05) is 6.92 Å². The topological polar surface area (TPSA) is 96.0 Å². The van der Waals surface area contributed by atoms with Crippen molar-refractivity contribution >= 4 is 21.8 Å². The summed E-state index contributed by atoms with van der Waals surface area (Å²) in [5.41, 5.74) is -1.11. The number of nitrogens with one attached hydrogen (secondary N) is 3. The molecular weight excluding hydrogens is 316 g/mol. The Morgan fingerprint density at radius 3 is 2.79 bits per heavy atom. The van der Waals surface area contributed by atoms with Gasteiger partial charge in [0.25, 0.3) is 5.56 Å². The van der Waals surface area contributed by atoms with E-state index < -0.39 is 11.2 Å². The lowest BCUT2D eigenvalue weighted by atomic mass is 10.4. The molecule has 0 saturated heterocycles. The Morgan fingerprint density at radius 1 is 1.37 bits per heavy atom. The highest BCUT2D eigenvalue weighted by atomic mass is 79.9. The van der Waals surface area contributed by atoms with E-state index in [4.69, 9.17) is 0 Å². The molecule has 0 aliphatic rings. The van der Waals surface area contributed by atoms with Crippen LogP contribution in [0.1, 0.15) is 13.3 Å². The lowest BCUT2D eigenvalue weighted by Gasteiger charge is -2.07. The second-order valence-electron chi connectivity index (χ2n) is 3.96. The maximum absolute atomic E-state index is 11.6. The van der Waals surface area contributed by atoms with Gasteiger partial charge in [0, 0.05) is 19.3 Å². The Balaban J connectivity index is 2.47. The Labute approximate surface area is 118 Å². The molecular formula is C11H17BrN4O3. The summed E-state index contributed by atoms with van der Waals surface area (Å²) in [6.07, 6.45) is 2.34. The molecule has 0 aromatic carbocycles. The molecule has 0 saturated carbocycles. The van der Waals surface area contributed by atoms with Crippen molar-refractivity contribution in [2.45, 2.75) is 19.9 Å². The van der Waals surface area contributed by atoms with E-state index in [0.29, 0.717) is 13.1 Å². The van der Waals surface area contributed by atoms with E-state index in [1.165, 1.54) is 6.20 Å². The smallest absolute Gasteiger partial charge is 0.328 e. The van der Waals surface area contributed by atoms with Crippen molar-refractivity contribution in [3.63, 3.8) is 0 Å². The molecule has 19 heavy (non-hydrogen) atoms. The number of carbonyl (C=O) groups excluding carboxylic acids is 1. The van der Waals surface area contributed by atoms with E-state index in [9.17, 15) is 14.4 Å². The standard InChI is InChI=1S/C11H17BrN4O3/c1-2-3-13-4-5-14-9(17)7-16-6-8(12)10(18)15-11(16)19/h6,13H,2-5,7H2,1H3,(H,14,17)(H,15,18,19). The predicted molar refractivity (Wildman–Crippen MR) is 75.2 cm³/mol. The molecule has 0 unspecified atom stereocenters. The average Bonchev–Trinajstić information content (AvgIpc) is 2.35. The molecule has 0 radical (unpaired) electrons. The molecule has 0 aliphatic heterocycles. The molecule has 0 bridgehead atoms. The van der Waals surface area contributed by atoms with Crippen molar-refractivity contribution in [1.82, 2.24) is 20.2 Å². The van der Waals surface area contributed by atoms with Crippen LogP contribution in [0.2, 0.25) is 0 Å². The summed E-state index contributed by atoms with van der Waals surface area (Å²) < 4.78 is 1.35. The Hall–Kier alpha value is -1.41. The first-order valence-corrected chi connectivity index (χ1v) is 6.80. The SMILES string of the molecule is CCCNCCNC(=O)Cn1cc(Br)c(=O)[nH]c1=O. The number of hydrogen-bond acceptors (Lipinski definition) is 4. The molecule has 106 valence electrons. The second kappa shape index (κ2) is 7.90. The van der Waals surface area contributed by atoms with E-state index in [-0.39, 0.29) is 16.9 Å². The van der Waals surface area contributed by atoms with Crippen LogP contribution in [0.5, 0.6) is 0 Å². The van der Waals surface area contributed by atoms with Gasteiger partial charge in [-0.25, -0.2) is 4.79 Å². The fraction of sp³-hybridized carbons (Fsp3) is 0.545. The zero-order valence-corrected chi connectivity index (χ0v) is 12.2. The summed E-state index contributed by atoms with van der Waals surface area (Å²) in [5, 5.41) is 5.83. The minimum atomic E-state index is -0.604. The van der Waals surface area contributed by atoms with E-state index in [1.807, 2.05) is 0 Å². The first kappa shape index (κ1) is 15.6. The number of carbonyl (C=O) groups is 1. The largest absolute Gasteiger partial charge is 0.353 e. The minimum Gasteiger partial charge on any atom is -0.353 e. The molecule has 3 N–H and O–H groups in total. The number of hydrogen-bond donors (Lipinski definition) is 3. The van der Waals surface area contributed by atoms with Crippen LogP contribution in [0.4, 0.5) is 0 Å². The van der Waals surface area contributed by atoms with Crippen molar-refractivity contribution in [2.75, 3.05) is 19.6 Å². The third-order valence-electron chi connectivity index (χ3n) is 2.33. The molecule has 1 heterocycles. The molecule has 0 aliphatic carbocycles. The van der Waals surface area contributed by atoms with Crippen LogP contribution in [-0.2, 0) is 11.3 Å². The second-order valence-corrected chi connectivity index (χ2v) is 4.82. The van der Waals surface area contributed by atoms with E-state index in [0.717, 1.165) is 17.5 Å². The molecule has 1 amide bonds. The zero-order valence-electron chi connectivity index (χ0n) is 10.7. The lowest BCUT2D eigenvalue weighted by Crippen LogP contribution is -2.38. The molecule has 8 heteroatoms. The highest BCUT2D eigenvalue weighted by molar-refractivity contribution is 9.10. The van der Waals surface area contributed by atoms with Crippen LogP contribution in [0.3, 0.4) is 0 Å². The number of aromatic nitrogens is 2. The van der Waals surface area contributed by atoms with Crippen LogP contribution >= 0.6 is 15.9 Å². The first-order chi connectivity index (χ1) is 9.04. The summed E-state index contributed by atoms with van der Waals surface area (Å²) >= 11 is 3.01. The number of rotatable bonds is 7. The van der Waals surface area contributed by atoms with Gasteiger partial charge in [-0.15, -0.1) is 0 Å². The Morgan fingerprint density at radius 2 is 2.11 bits per heavy atom. The fourth-order valence-corrected chi connectivity index (χ4v) is 1.75. The van der Waals surface area contributed by atoms with Gasteiger partial charge in [-0.05, 0) is 28.9 Å². The van der Waals surface area contributed by atoms with E-state index >= 15 is 0 Å². The van der Waals surface area contributed by atoms with Gasteiger partial charge in [-0.3, -0.25) is 19.1 Å². The highest BCUT2D eigenvalue weighted by Gasteiger charge is 2.06. The summed E-state index contributed by atoms with van der Waals surface area (Å²) in [4.78, 5) is 36.3. The quantitative estimate of drug-likeness (QED) is 0.582. The molecule has 0 atom stereocenters. The molecule has 7 nitrogen and oxygen atoms in total. The first-order valence-electron chi connectivity index (χ1n) is 6.01. The molecule has 1 rings (SSSR count). The monoisotopic (exact) mass is 332 g/mol. The van der Waals surface area contributed by atoms with Crippen LogP contribution in [0.25, 0.3) is 0 Å². The van der Waals surface area contributed by atoms with Crippen molar-refractivity contribution in [1.29, 1.82) is 0 Å². The number of halogens is 1. The number of H-pyrrole nitrogens is 1. The molecule has 0 spiro atoms. The van der Waals surface area contributed by atoms with Crippen molar-refractivity contribution in [3.8, 4) is 0 Å². The lowest BCUT2D eigenvalue weighted by molar-refractivity contribution is -0.121. The minimum absolute atomic E-state index is 0.123. The van der Waals surface area contributed by atoms with Crippen molar-refractivity contribution < 1.29 is 4.79 Å². The maximum Gasteiger partial charge on any atom is 0.328 e. The summed E-state index contributed by atoms with van der Waals surface area (Å²) in [6, 6.07) is 0. The predicted octanol–water partition coefficient (Wildman–Crippen LogP) is -0.585. The van der Waals surface area contributed by atoms with Crippen LogP contribution < -0.4 is 21.9 Å². The normalized spacial score (nSPS) is 10.4. The van der Waals surface area contributed by atoms with E-state index in [2.05, 4.69) is 38.5 Å². The van der Waals surface area contributed by atoms with Crippen LogP contribution in [0.15, 0.2) is 20.3 Å². The van der Waals surface area contributed by atoms with Gasteiger partial charge in [0.2, 0.25) is 5.91 Å². The Bertz CT molecular complexity index is 537. The molecule has 1 aromatic rings. The average molecular weight is 333 g/mol. The number of amides is 1. The van der Waals surface area contributed by atoms with Crippen molar-refractivity contribution in [2.24, 2.45) is 0 Å². The highest BCUT2D eigenvalue weighted by Crippen LogP contribution is 1.97. The summed E-state index contributed by atoms with van der Waals surface area (Å²) in [7, 11) is 0.